The Morgan fingerprint density at radius 2 is 0.804 bits per heavy atom. The molecule has 0 heterocycles. The normalized spacial score (nSPS) is 12.2. The van der Waals surface area contributed by atoms with Gasteiger partial charge >= 0.3 is 24.1 Å². The summed E-state index contributed by atoms with van der Waals surface area (Å²) in [6.07, 6.45) is -3.89. The molecule has 5 rings (SSSR count). The summed E-state index contributed by atoms with van der Waals surface area (Å²) < 4.78 is 22.6. The molecule has 56 heavy (non-hydrogen) atoms. The van der Waals surface area contributed by atoms with Gasteiger partial charge < -0.3 is 29.6 Å². The number of carbonyl (C=O) groups is 4. The van der Waals surface area contributed by atoms with E-state index in [9.17, 15) is 19.2 Å². The largest absolute Gasteiger partial charge is 0.436 e. The van der Waals surface area contributed by atoms with Crippen molar-refractivity contribution in [1.82, 2.24) is 10.6 Å². The molecule has 0 aromatic heterocycles. The lowest BCUT2D eigenvalue weighted by atomic mass is 9.87. The van der Waals surface area contributed by atoms with Gasteiger partial charge in [-0.1, -0.05) is 134 Å². The molecule has 10 nitrogen and oxygen atoms in total. The highest BCUT2D eigenvalue weighted by atomic mass is 16.6. The summed E-state index contributed by atoms with van der Waals surface area (Å²) >= 11 is 0. The minimum atomic E-state index is -1.14. The fourth-order valence-electron chi connectivity index (χ4n) is 5.70. The number of nitrogens with one attached hydrogen (secondary N) is 2. The third-order valence-electron chi connectivity index (χ3n) is 8.85. The molecule has 0 aliphatic rings. The molecule has 0 radical (unpaired) electrons. The molecule has 0 spiro atoms. The maximum atomic E-state index is 13.5. The van der Waals surface area contributed by atoms with E-state index in [2.05, 4.69) is 23.8 Å². The summed E-state index contributed by atoms with van der Waals surface area (Å²) in [7, 11) is 0. The Morgan fingerprint density at radius 1 is 0.482 bits per heavy atom. The van der Waals surface area contributed by atoms with E-state index in [-0.39, 0.29) is 11.1 Å². The van der Waals surface area contributed by atoms with Gasteiger partial charge in [0, 0.05) is 0 Å². The fourth-order valence-corrected chi connectivity index (χ4v) is 5.70. The van der Waals surface area contributed by atoms with E-state index in [0.717, 1.165) is 0 Å². The van der Waals surface area contributed by atoms with Crippen LogP contribution < -0.4 is 20.1 Å². The second kappa shape index (κ2) is 17.9. The Hall–Kier alpha value is -6.94. The van der Waals surface area contributed by atoms with Crippen molar-refractivity contribution in [3.8, 4) is 11.5 Å². The molecule has 0 aliphatic carbocycles. The fraction of sp³-hybridized carbons (Fsp3) is 0.174. The van der Waals surface area contributed by atoms with E-state index < -0.39 is 47.4 Å². The molecule has 2 N–H and O–H groups in total. The van der Waals surface area contributed by atoms with Gasteiger partial charge in [0.2, 0.25) is 0 Å². The summed E-state index contributed by atoms with van der Waals surface area (Å²) in [5.41, 5.74) is 0.312. The average Bonchev–Trinajstić information content (AvgIpc) is 3.19. The molecule has 0 fully saturated rings. The topological polar surface area (TPSA) is 129 Å². The molecule has 0 saturated heterocycles. The number of hydrogen-bond acceptors (Lipinski definition) is 8. The third kappa shape index (κ3) is 10.6. The van der Waals surface area contributed by atoms with Crippen LogP contribution in [0.3, 0.4) is 0 Å². The van der Waals surface area contributed by atoms with Gasteiger partial charge in [-0.05, 0) is 74.2 Å². The summed E-state index contributed by atoms with van der Waals surface area (Å²) in [5, 5.41) is 5.80. The maximum absolute atomic E-state index is 13.5. The van der Waals surface area contributed by atoms with Gasteiger partial charge in [-0.2, -0.15) is 0 Å². The second-order valence-corrected chi connectivity index (χ2v) is 13.9. The molecule has 0 saturated carbocycles. The van der Waals surface area contributed by atoms with Gasteiger partial charge in [0.1, 0.15) is 11.5 Å². The van der Waals surface area contributed by atoms with Crippen LogP contribution in [-0.4, -0.2) is 24.1 Å². The first-order valence-electron chi connectivity index (χ1n) is 17.8. The standard InChI is InChI=1S/C46H44N2O8/c1-31(41(49)53-37-26-15-9-16-27-37)39(33-20-11-7-12-21-33)55-43(51)47-45(3,4)35-24-19-25-36(30-35)46(5,6)48-44(52)56-40(34-22-13-8-14-23-34)32(2)42(50)54-38-28-17-10-18-29-38/h7-30,39-40H,1-2H2,3-6H3,(H,47,51)(H,48,52). The molecule has 2 unspecified atom stereocenters. The quantitative estimate of drug-likeness (QED) is 0.0652. The highest BCUT2D eigenvalue weighted by molar-refractivity contribution is 5.92. The van der Waals surface area contributed by atoms with Gasteiger partial charge in [0.15, 0.2) is 12.2 Å². The predicted octanol–water partition coefficient (Wildman–Crippen LogP) is 9.42. The monoisotopic (exact) mass is 752 g/mol. The van der Waals surface area contributed by atoms with Crippen LogP contribution in [0.25, 0.3) is 0 Å². The summed E-state index contributed by atoms with van der Waals surface area (Å²) in [5.74, 6) is -0.840. The lowest BCUT2D eigenvalue weighted by Gasteiger charge is -2.32. The summed E-state index contributed by atoms with van der Waals surface area (Å²) in [6, 6.07) is 41.9. The first kappa shape index (κ1) is 40.2. The Bertz CT molecular complexity index is 2020. The molecule has 5 aromatic rings. The highest BCUT2D eigenvalue weighted by Crippen LogP contribution is 2.31. The number of para-hydroxylation sites is 2. The number of rotatable bonds is 14. The first-order valence-corrected chi connectivity index (χ1v) is 17.8. The SMILES string of the molecule is C=C(C(=O)Oc1ccccc1)C(OC(=O)NC(C)(C)c1cccc(C(C)(C)NC(=O)OC(C(=C)C(=O)Oc2ccccc2)c2ccccc2)c1)c1ccccc1. The van der Waals surface area contributed by atoms with Gasteiger partial charge in [0.05, 0.1) is 22.2 Å². The molecular formula is C46H44N2O8. The van der Waals surface area contributed by atoms with Crippen LogP contribution in [-0.2, 0) is 30.1 Å². The molecular weight excluding hydrogens is 709 g/mol. The van der Waals surface area contributed by atoms with Crippen molar-refractivity contribution in [2.45, 2.75) is 51.0 Å². The van der Waals surface area contributed by atoms with Crippen molar-refractivity contribution >= 4 is 24.1 Å². The number of carbonyl (C=O) groups excluding carboxylic acids is 4. The average molecular weight is 753 g/mol. The zero-order valence-corrected chi connectivity index (χ0v) is 31.7. The maximum Gasteiger partial charge on any atom is 0.408 e. The van der Waals surface area contributed by atoms with Crippen LogP contribution in [0.15, 0.2) is 170 Å². The van der Waals surface area contributed by atoms with Crippen LogP contribution in [0.5, 0.6) is 11.5 Å². The van der Waals surface area contributed by atoms with E-state index in [4.69, 9.17) is 18.9 Å². The van der Waals surface area contributed by atoms with E-state index in [0.29, 0.717) is 33.8 Å². The van der Waals surface area contributed by atoms with Crippen LogP contribution in [0.2, 0.25) is 0 Å². The van der Waals surface area contributed by atoms with Gasteiger partial charge in [0.25, 0.3) is 0 Å². The summed E-state index contributed by atoms with van der Waals surface area (Å²) in [6.45, 7) is 15.0. The van der Waals surface area contributed by atoms with Crippen molar-refractivity contribution < 1.29 is 38.1 Å². The highest BCUT2D eigenvalue weighted by Gasteiger charge is 2.33. The second-order valence-electron chi connectivity index (χ2n) is 13.9. The van der Waals surface area contributed by atoms with Crippen molar-refractivity contribution in [2.75, 3.05) is 0 Å². The lowest BCUT2D eigenvalue weighted by molar-refractivity contribution is -0.132. The number of amides is 2. The predicted molar refractivity (Wildman–Crippen MR) is 213 cm³/mol. The van der Waals surface area contributed by atoms with Crippen LogP contribution >= 0.6 is 0 Å². The Kier molecular flexibility index (Phi) is 12.9. The minimum Gasteiger partial charge on any atom is -0.436 e. The molecule has 286 valence electrons. The number of alkyl carbamates (subject to hydrolysis) is 2. The third-order valence-corrected chi connectivity index (χ3v) is 8.85. The zero-order valence-electron chi connectivity index (χ0n) is 31.7. The number of esters is 2. The molecule has 0 aliphatic heterocycles. The van der Waals surface area contributed by atoms with Gasteiger partial charge in [-0.15, -0.1) is 0 Å². The molecule has 5 aromatic carbocycles. The Morgan fingerprint density at radius 3 is 1.14 bits per heavy atom. The molecule has 2 amide bonds. The van der Waals surface area contributed by atoms with E-state index in [1.807, 2.05) is 18.2 Å². The van der Waals surface area contributed by atoms with Crippen LogP contribution in [0.1, 0.15) is 62.2 Å². The van der Waals surface area contributed by atoms with Crippen molar-refractivity contribution in [3.63, 3.8) is 0 Å². The number of ether oxygens (including phenoxy) is 4. The smallest absolute Gasteiger partial charge is 0.408 e. The van der Waals surface area contributed by atoms with Gasteiger partial charge in [-0.3, -0.25) is 0 Å². The van der Waals surface area contributed by atoms with E-state index in [1.54, 1.807) is 155 Å². The first-order chi connectivity index (χ1) is 26.7. The lowest BCUT2D eigenvalue weighted by Crippen LogP contribution is -2.44. The van der Waals surface area contributed by atoms with Crippen molar-refractivity contribution in [1.29, 1.82) is 0 Å². The van der Waals surface area contributed by atoms with Crippen LogP contribution in [0, 0.1) is 0 Å². The number of hydrogen-bond donors (Lipinski definition) is 2. The molecule has 10 heteroatoms. The van der Waals surface area contributed by atoms with E-state index in [1.165, 1.54) is 0 Å². The Labute approximate surface area is 326 Å². The summed E-state index contributed by atoms with van der Waals surface area (Å²) in [4.78, 5) is 53.2. The molecule has 2 atom stereocenters. The van der Waals surface area contributed by atoms with Crippen LogP contribution in [0.4, 0.5) is 9.59 Å². The van der Waals surface area contributed by atoms with Gasteiger partial charge in [-0.25, -0.2) is 19.2 Å². The van der Waals surface area contributed by atoms with Crippen molar-refractivity contribution in [2.24, 2.45) is 0 Å². The van der Waals surface area contributed by atoms with E-state index >= 15 is 0 Å². The van der Waals surface area contributed by atoms with Crippen molar-refractivity contribution in [3.05, 3.63) is 192 Å². The number of benzene rings is 5. The minimum absolute atomic E-state index is 0.0686. The zero-order chi connectivity index (χ0) is 40.3. The Balaban J connectivity index is 1.28. The molecule has 0 bridgehead atoms.